The fraction of sp³-hybridized carbons (Fsp3) is 0.417. The summed E-state index contributed by atoms with van der Waals surface area (Å²) < 4.78 is 5.98. The van der Waals surface area contributed by atoms with Crippen LogP contribution < -0.4 is 10.1 Å². The lowest BCUT2D eigenvalue weighted by Gasteiger charge is -2.14. The van der Waals surface area contributed by atoms with Gasteiger partial charge in [-0.15, -0.1) is 0 Å². The summed E-state index contributed by atoms with van der Waals surface area (Å²) in [7, 11) is 1.60. The summed E-state index contributed by atoms with van der Waals surface area (Å²) in [6, 6.07) is 3.78. The molecule has 0 radical (unpaired) electrons. The third-order valence-corrected chi connectivity index (χ3v) is 2.89. The minimum absolute atomic E-state index is 0.0849. The monoisotopic (exact) mass is 285 g/mol. The number of halogens is 1. The van der Waals surface area contributed by atoms with Crippen molar-refractivity contribution in [3.05, 3.63) is 27.7 Å². The van der Waals surface area contributed by atoms with Crippen LogP contribution in [0, 0.1) is 6.92 Å². The summed E-state index contributed by atoms with van der Waals surface area (Å²) in [6.07, 6.45) is 0. The molecule has 0 aliphatic rings. The first-order chi connectivity index (χ1) is 7.47. The zero-order valence-corrected chi connectivity index (χ0v) is 11.5. The fourth-order valence-electron chi connectivity index (χ4n) is 1.49. The molecule has 4 heteroatoms. The van der Waals surface area contributed by atoms with Crippen molar-refractivity contribution in [2.75, 3.05) is 7.11 Å². The Balaban J connectivity index is 3.16. The van der Waals surface area contributed by atoms with Crippen LogP contribution in [0.1, 0.15) is 29.8 Å². The Hall–Kier alpha value is -1.03. The van der Waals surface area contributed by atoms with Gasteiger partial charge in [-0.3, -0.25) is 4.79 Å². The highest BCUT2D eigenvalue weighted by molar-refractivity contribution is 9.10. The Bertz CT molecular complexity index is 402. The van der Waals surface area contributed by atoms with Gasteiger partial charge in [-0.1, -0.05) is 0 Å². The van der Waals surface area contributed by atoms with Crippen molar-refractivity contribution in [2.45, 2.75) is 26.8 Å². The summed E-state index contributed by atoms with van der Waals surface area (Å²) in [5.74, 6) is 0.635. The maximum absolute atomic E-state index is 12.0. The van der Waals surface area contributed by atoms with E-state index in [9.17, 15) is 4.79 Å². The molecule has 0 saturated heterocycles. The smallest absolute Gasteiger partial charge is 0.253 e. The van der Waals surface area contributed by atoms with Gasteiger partial charge in [-0.2, -0.15) is 0 Å². The number of carbonyl (C=O) groups excluding carboxylic acids is 1. The number of methoxy groups -OCH3 is 1. The van der Waals surface area contributed by atoms with E-state index in [1.807, 2.05) is 32.9 Å². The summed E-state index contributed by atoms with van der Waals surface area (Å²) >= 11 is 3.38. The number of hydrogen-bond acceptors (Lipinski definition) is 2. The Morgan fingerprint density at radius 2 is 2.06 bits per heavy atom. The van der Waals surface area contributed by atoms with Crippen LogP contribution >= 0.6 is 15.9 Å². The van der Waals surface area contributed by atoms with Gasteiger partial charge < -0.3 is 10.1 Å². The topological polar surface area (TPSA) is 38.3 Å². The van der Waals surface area contributed by atoms with E-state index in [-0.39, 0.29) is 11.9 Å². The SMILES string of the molecule is COc1ccc(Br)c(C(=O)NC(C)C)c1C. The van der Waals surface area contributed by atoms with Gasteiger partial charge in [0, 0.05) is 16.1 Å². The Morgan fingerprint density at radius 1 is 1.44 bits per heavy atom. The molecule has 1 rings (SSSR count). The second-order valence-corrected chi connectivity index (χ2v) is 4.73. The van der Waals surface area contributed by atoms with Gasteiger partial charge in [0.05, 0.1) is 12.7 Å². The molecular weight excluding hydrogens is 270 g/mol. The molecule has 16 heavy (non-hydrogen) atoms. The molecule has 0 heterocycles. The van der Waals surface area contributed by atoms with E-state index >= 15 is 0 Å². The van der Waals surface area contributed by atoms with Crippen LogP contribution in [0.4, 0.5) is 0 Å². The molecule has 0 atom stereocenters. The second-order valence-electron chi connectivity index (χ2n) is 3.88. The standard InChI is InChI=1S/C12H16BrNO2/c1-7(2)14-12(15)11-8(3)10(16-4)6-5-9(11)13/h5-7H,1-4H3,(H,14,15). The first kappa shape index (κ1) is 13.0. The first-order valence-corrected chi connectivity index (χ1v) is 5.90. The largest absolute Gasteiger partial charge is 0.496 e. The van der Waals surface area contributed by atoms with Crippen LogP contribution in [0.3, 0.4) is 0 Å². The van der Waals surface area contributed by atoms with E-state index in [1.54, 1.807) is 7.11 Å². The molecule has 0 bridgehead atoms. The molecular formula is C12H16BrNO2. The Morgan fingerprint density at radius 3 is 2.56 bits per heavy atom. The highest BCUT2D eigenvalue weighted by atomic mass is 79.9. The number of hydrogen-bond donors (Lipinski definition) is 1. The number of carbonyl (C=O) groups is 1. The van der Waals surface area contributed by atoms with Crippen LogP contribution in [0.5, 0.6) is 5.75 Å². The Labute approximate surface area is 104 Å². The van der Waals surface area contributed by atoms with Crippen molar-refractivity contribution in [3.63, 3.8) is 0 Å². The van der Waals surface area contributed by atoms with Crippen molar-refractivity contribution < 1.29 is 9.53 Å². The van der Waals surface area contributed by atoms with Crippen molar-refractivity contribution in [2.24, 2.45) is 0 Å². The van der Waals surface area contributed by atoms with Gasteiger partial charge in [0.1, 0.15) is 5.75 Å². The van der Waals surface area contributed by atoms with Crippen LogP contribution in [0.25, 0.3) is 0 Å². The van der Waals surface area contributed by atoms with Gasteiger partial charge in [0.15, 0.2) is 0 Å². The van der Waals surface area contributed by atoms with Gasteiger partial charge >= 0.3 is 0 Å². The highest BCUT2D eigenvalue weighted by Gasteiger charge is 2.16. The van der Waals surface area contributed by atoms with Gasteiger partial charge in [-0.25, -0.2) is 0 Å². The molecule has 3 nitrogen and oxygen atoms in total. The number of benzene rings is 1. The molecule has 0 aliphatic heterocycles. The molecule has 1 N–H and O–H groups in total. The molecule has 1 aromatic carbocycles. The van der Waals surface area contributed by atoms with Gasteiger partial charge in [0.25, 0.3) is 5.91 Å². The third kappa shape index (κ3) is 2.76. The summed E-state index contributed by atoms with van der Waals surface area (Å²) in [5, 5.41) is 2.87. The summed E-state index contributed by atoms with van der Waals surface area (Å²) in [6.45, 7) is 5.74. The van der Waals surface area contributed by atoms with E-state index in [4.69, 9.17) is 4.74 Å². The maximum Gasteiger partial charge on any atom is 0.253 e. The zero-order chi connectivity index (χ0) is 12.3. The summed E-state index contributed by atoms with van der Waals surface area (Å²) in [5.41, 5.74) is 1.48. The van der Waals surface area contributed by atoms with Crippen LogP contribution in [-0.2, 0) is 0 Å². The molecule has 0 unspecified atom stereocenters. The first-order valence-electron chi connectivity index (χ1n) is 5.11. The lowest BCUT2D eigenvalue weighted by molar-refractivity contribution is 0.0941. The summed E-state index contributed by atoms with van der Waals surface area (Å²) in [4.78, 5) is 12.0. The number of ether oxygens (including phenoxy) is 1. The van der Waals surface area contributed by atoms with Crippen LogP contribution in [0.15, 0.2) is 16.6 Å². The predicted molar refractivity (Wildman–Crippen MR) is 68.0 cm³/mol. The lowest BCUT2D eigenvalue weighted by Crippen LogP contribution is -2.31. The van der Waals surface area contributed by atoms with Crippen LogP contribution in [-0.4, -0.2) is 19.1 Å². The van der Waals surface area contributed by atoms with E-state index in [0.29, 0.717) is 5.56 Å². The quantitative estimate of drug-likeness (QED) is 0.927. The molecule has 1 amide bonds. The molecule has 0 fully saturated rings. The van der Waals surface area contributed by atoms with E-state index in [2.05, 4.69) is 21.2 Å². The molecule has 1 aromatic rings. The fourth-order valence-corrected chi connectivity index (χ4v) is 2.10. The number of nitrogens with one attached hydrogen (secondary N) is 1. The van der Waals surface area contributed by atoms with Crippen molar-refractivity contribution >= 4 is 21.8 Å². The van der Waals surface area contributed by atoms with Gasteiger partial charge in [0.2, 0.25) is 0 Å². The maximum atomic E-state index is 12.0. The molecule has 0 aromatic heterocycles. The number of amides is 1. The van der Waals surface area contributed by atoms with Crippen molar-refractivity contribution in [1.82, 2.24) is 5.32 Å². The van der Waals surface area contributed by atoms with Crippen molar-refractivity contribution in [1.29, 1.82) is 0 Å². The van der Waals surface area contributed by atoms with Crippen molar-refractivity contribution in [3.8, 4) is 5.75 Å². The predicted octanol–water partition coefficient (Wildman–Crippen LogP) is 2.90. The second kappa shape index (κ2) is 5.34. The van der Waals surface area contributed by atoms with E-state index < -0.39 is 0 Å². The Kier molecular flexibility index (Phi) is 4.35. The third-order valence-electron chi connectivity index (χ3n) is 2.23. The van der Waals surface area contributed by atoms with E-state index in [1.165, 1.54) is 0 Å². The normalized spacial score (nSPS) is 10.4. The average Bonchev–Trinajstić information content (AvgIpc) is 2.16. The zero-order valence-electron chi connectivity index (χ0n) is 9.93. The average molecular weight is 286 g/mol. The molecule has 0 saturated carbocycles. The molecule has 0 spiro atoms. The minimum atomic E-state index is -0.0849. The minimum Gasteiger partial charge on any atom is -0.496 e. The van der Waals surface area contributed by atoms with E-state index in [0.717, 1.165) is 15.8 Å². The highest BCUT2D eigenvalue weighted by Crippen LogP contribution is 2.28. The lowest BCUT2D eigenvalue weighted by atomic mass is 10.1. The molecule has 0 aliphatic carbocycles. The van der Waals surface area contributed by atoms with Crippen LogP contribution in [0.2, 0.25) is 0 Å². The van der Waals surface area contributed by atoms with Gasteiger partial charge in [-0.05, 0) is 48.8 Å². The molecule has 88 valence electrons. The number of rotatable bonds is 3.